The highest BCUT2D eigenvalue weighted by atomic mass is 19.1. The molecule has 5 nitrogen and oxygen atoms in total. The number of nitrogens with zero attached hydrogens (tertiary/aromatic N) is 2. The lowest BCUT2D eigenvalue weighted by molar-refractivity contribution is -0.191. The van der Waals surface area contributed by atoms with Crippen molar-refractivity contribution in [2.75, 3.05) is 32.8 Å². The van der Waals surface area contributed by atoms with E-state index >= 15 is 4.39 Å². The summed E-state index contributed by atoms with van der Waals surface area (Å²) in [5.74, 6) is 0. The standard InChI is InChI=1S/C30H35FN4O.2H2/c1-19-10-24-23-6-4-5-7-26(23)33-27(24)28(35(19)14-29(2,3)31)20-8-9-25-21(11-20)12-22(32-25)13-34-15-30(16-34)17-36-18-30;;/h4-9,11-12,19,28,32-33H,10,13-18H2,1-3H3;2*1H/t19-,28-;;/m1../s1. The van der Waals surface area contributed by atoms with Crippen LogP contribution in [0.15, 0.2) is 48.5 Å². The summed E-state index contributed by atoms with van der Waals surface area (Å²) in [6.45, 7) is 11.1. The van der Waals surface area contributed by atoms with E-state index in [9.17, 15) is 0 Å². The van der Waals surface area contributed by atoms with E-state index in [0.717, 1.165) is 50.3 Å². The van der Waals surface area contributed by atoms with Crippen LogP contribution in [-0.4, -0.2) is 64.3 Å². The van der Waals surface area contributed by atoms with Gasteiger partial charge in [-0.15, -0.1) is 0 Å². The maximum Gasteiger partial charge on any atom is 0.118 e. The molecule has 3 aliphatic rings. The number of H-pyrrole nitrogens is 2. The third-order valence-corrected chi connectivity index (χ3v) is 8.42. The van der Waals surface area contributed by atoms with Crippen molar-refractivity contribution < 1.29 is 12.0 Å². The molecule has 2 aromatic heterocycles. The van der Waals surface area contributed by atoms with Crippen LogP contribution in [0.1, 0.15) is 52.2 Å². The van der Waals surface area contributed by atoms with Gasteiger partial charge in [0.1, 0.15) is 5.67 Å². The highest BCUT2D eigenvalue weighted by Crippen LogP contribution is 2.42. The number of ether oxygens (including phenoxy) is 1. The molecule has 5 heterocycles. The van der Waals surface area contributed by atoms with Gasteiger partial charge in [-0.2, -0.15) is 0 Å². The lowest BCUT2D eigenvalue weighted by atomic mass is 9.78. The fourth-order valence-corrected chi connectivity index (χ4v) is 6.84. The van der Waals surface area contributed by atoms with Crippen LogP contribution in [0.3, 0.4) is 0 Å². The van der Waals surface area contributed by atoms with Gasteiger partial charge in [0.05, 0.1) is 19.3 Å². The van der Waals surface area contributed by atoms with Crippen LogP contribution in [0.4, 0.5) is 4.39 Å². The van der Waals surface area contributed by atoms with E-state index in [2.05, 4.69) is 75.2 Å². The number of para-hydroxylation sites is 1. The van der Waals surface area contributed by atoms with Gasteiger partial charge in [-0.1, -0.05) is 24.3 Å². The molecular formula is C30H39FN4O. The molecule has 1 spiro atoms. The second kappa shape index (κ2) is 7.91. The normalized spacial score (nSPS) is 24.2. The van der Waals surface area contributed by atoms with Crippen molar-refractivity contribution in [3.05, 3.63) is 71.0 Å². The molecule has 2 fully saturated rings. The minimum atomic E-state index is -1.28. The maximum atomic E-state index is 15.0. The fourth-order valence-electron chi connectivity index (χ4n) is 6.84. The van der Waals surface area contributed by atoms with Gasteiger partial charge in [-0.25, -0.2) is 4.39 Å². The summed E-state index contributed by atoms with van der Waals surface area (Å²) < 4.78 is 20.5. The fraction of sp³-hybridized carbons (Fsp3) is 0.467. The van der Waals surface area contributed by atoms with Gasteiger partial charge in [0.25, 0.3) is 0 Å². The number of nitrogens with one attached hydrogen (secondary N) is 2. The van der Waals surface area contributed by atoms with Crippen LogP contribution in [-0.2, 0) is 17.7 Å². The zero-order chi connectivity index (χ0) is 24.7. The van der Waals surface area contributed by atoms with Crippen molar-refractivity contribution >= 4 is 21.8 Å². The van der Waals surface area contributed by atoms with Gasteiger partial charge in [-0.3, -0.25) is 9.80 Å². The summed E-state index contributed by atoms with van der Waals surface area (Å²) in [7, 11) is 0. The molecule has 0 saturated carbocycles. The lowest BCUT2D eigenvalue weighted by Gasteiger charge is -2.55. The summed E-state index contributed by atoms with van der Waals surface area (Å²) in [5.41, 5.74) is 6.53. The molecule has 0 unspecified atom stereocenters. The average Bonchev–Trinajstić information content (AvgIpc) is 3.34. The van der Waals surface area contributed by atoms with Crippen molar-refractivity contribution in [2.45, 2.75) is 51.5 Å². The number of aromatic amines is 2. The van der Waals surface area contributed by atoms with Gasteiger partial charge in [-0.05, 0) is 62.6 Å². The van der Waals surface area contributed by atoms with E-state index in [0.29, 0.717) is 12.0 Å². The molecular weight excluding hydrogens is 451 g/mol. The van der Waals surface area contributed by atoms with E-state index in [1.165, 1.54) is 33.3 Å². The lowest BCUT2D eigenvalue weighted by Crippen LogP contribution is -2.65. The summed E-state index contributed by atoms with van der Waals surface area (Å²) in [6, 6.07) is 17.8. The Kier molecular flexibility index (Phi) is 4.95. The van der Waals surface area contributed by atoms with Crippen molar-refractivity contribution in [3.63, 3.8) is 0 Å². The van der Waals surface area contributed by atoms with Gasteiger partial charge in [0.2, 0.25) is 0 Å². The predicted octanol–water partition coefficient (Wildman–Crippen LogP) is 6.06. The largest absolute Gasteiger partial charge is 0.380 e. The molecule has 0 bridgehead atoms. The van der Waals surface area contributed by atoms with Gasteiger partial charge in [0.15, 0.2) is 0 Å². The molecule has 2 atom stereocenters. The van der Waals surface area contributed by atoms with E-state index in [4.69, 9.17) is 4.74 Å². The third kappa shape index (κ3) is 3.69. The van der Waals surface area contributed by atoms with Gasteiger partial charge in [0, 0.05) is 73.7 Å². The van der Waals surface area contributed by atoms with Crippen LogP contribution < -0.4 is 0 Å². The Morgan fingerprint density at radius 1 is 1.08 bits per heavy atom. The second-order valence-corrected chi connectivity index (χ2v) is 12.2. The minimum absolute atomic E-state index is 0. The number of aromatic nitrogens is 2. The molecule has 4 aromatic rings. The summed E-state index contributed by atoms with van der Waals surface area (Å²) in [5, 5.41) is 2.51. The molecule has 192 valence electrons. The van der Waals surface area contributed by atoms with Crippen molar-refractivity contribution in [2.24, 2.45) is 5.41 Å². The number of hydrogen-bond donors (Lipinski definition) is 2. The molecule has 36 heavy (non-hydrogen) atoms. The van der Waals surface area contributed by atoms with E-state index in [1.54, 1.807) is 13.8 Å². The Hall–Kier alpha value is -2.67. The number of hydrogen-bond acceptors (Lipinski definition) is 3. The molecule has 7 rings (SSSR count). The SMILES string of the molecule is C[C@@H]1Cc2c([nH]c3ccccc23)[C@@H](c2ccc3[nH]c(CN4CC5(COC5)C4)cc3c2)N1CC(C)(C)F.[HH].[HH]. The number of benzene rings is 2. The third-order valence-electron chi connectivity index (χ3n) is 8.42. The maximum absolute atomic E-state index is 15.0. The predicted molar refractivity (Wildman–Crippen MR) is 146 cm³/mol. The first-order valence-corrected chi connectivity index (χ1v) is 13.2. The molecule has 2 saturated heterocycles. The second-order valence-electron chi connectivity index (χ2n) is 12.2. The van der Waals surface area contributed by atoms with Crippen LogP contribution in [0, 0.1) is 5.41 Å². The topological polar surface area (TPSA) is 47.3 Å². The molecule has 2 aromatic carbocycles. The monoisotopic (exact) mass is 490 g/mol. The highest BCUT2D eigenvalue weighted by molar-refractivity contribution is 5.86. The van der Waals surface area contributed by atoms with Crippen molar-refractivity contribution in [1.29, 1.82) is 0 Å². The Morgan fingerprint density at radius 2 is 1.89 bits per heavy atom. The number of fused-ring (bicyclic) bond motifs is 4. The molecule has 3 aliphatic heterocycles. The van der Waals surface area contributed by atoms with Gasteiger partial charge < -0.3 is 14.7 Å². The van der Waals surface area contributed by atoms with Crippen molar-refractivity contribution in [3.8, 4) is 0 Å². The molecule has 6 heteroatoms. The first-order valence-electron chi connectivity index (χ1n) is 13.2. The molecule has 2 N–H and O–H groups in total. The van der Waals surface area contributed by atoms with Crippen molar-refractivity contribution in [1.82, 2.24) is 19.8 Å². The molecule has 0 radical (unpaired) electrons. The molecule has 0 amide bonds. The van der Waals surface area contributed by atoms with Crippen LogP contribution in [0.2, 0.25) is 0 Å². The number of likely N-dealkylation sites (tertiary alicyclic amines) is 1. The van der Waals surface area contributed by atoms with E-state index in [1.807, 2.05) is 0 Å². The smallest absolute Gasteiger partial charge is 0.118 e. The van der Waals surface area contributed by atoms with Crippen LogP contribution >= 0.6 is 0 Å². The molecule has 0 aliphatic carbocycles. The van der Waals surface area contributed by atoms with E-state index in [-0.39, 0.29) is 14.9 Å². The Morgan fingerprint density at radius 3 is 2.64 bits per heavy atom. The summed E-state index contributed by atoms with van der Waals surface area (Å²) in [4.78, 5) is 12.2. The highest BCUT2D eigenvalue weighted by Gasteiger charge is 2.48. The van der Waals surface area contributed by atoms with Crippen LogP contribution in [0.25, 0.3) is 21.8 Å². The van der Waals surface area contributed by atoms with E-state index < -0.39 is 5.67 Å². The quantitative estimate of drug-likeness (QED) is 0.358. The van der Waals surface area contributed by atoms with Crippen LogP contribution in [0.5, 0.6) is 0 Å². The zero-order valence-electron chi connectivity index (χ0n) is 21.4. The minimum Gasteiger partial charge on any atom is -0.380 e. The summed E-state index contributed by atoms with van der Waals surface area (Å²) in [6.07, 6.45) is 0.921. The first-order chi connectivity index (χ1) is 17.3. The number of halogens is 1. The number of alkyl halides is 1. The summed E-state index contributed by atoms with van der Waals surface area (Å²) >= 11 is 0. The first kappa shape index (κ1) is 22.5. The van der Waals surface area contributed by atoms with Gasteiger partial charge >= 0.3 is 0 Å². The Balaban J connectivity index is 0.00000147. The zero-order valence-corrected chi connectivity index (χ0v) is 21.4. The Bertz CT molecular complexity index is 1450. The Labute approximate surface area is 214 Å². The number of rotatable bonds is 5. The average molecular weight is 491 g/mol.